The van der Waals surface area contributed by atoms with Gasteiger partial charge in [0.15, 0.2) is 0 Å². The number of aryl methyl sites for hydroxylation is 1. The van der Waals surface area contributed by atoms with E-state index >= 15 is 0 Å². The van der Waals surface area contributed by atoms with Gasteiger partial charge in [0.05, 0.1) is 11.6 Å². The predicted octanol–water partition coefficient (Wildman–Crippen LogP) is -0.851. The quantitative estimate of drug-likeness (QED) is 0.711. The second-order valence-corrected chi connectivity index (χ2v) is 4.18. The van der Waals surface area contributed by atoms with Gasteiger partial charge in [-0.05, 0) is 13.3 Å². The molecule has 2 unspecified atom stereocenters. The molecule has 17 heavy (non-hydrogen) atoms. The van der Waals surface area contributed by atoms with Crippen molar-refractivity contribution in [1.29, 1.82) is 0 Å². The predicted molar refractivity (Wildman–Crippen MR) is 58.9 cm³/mol. The van der Waals surface area contributed by atoms with Gasteiger partial charge in [-0.2, -0.15) is 4.98 Å². The third kappa shape index (κ3) is 2.08. The molecule has 2 heterocycles. The van der Waals surface area contributed by atoms with Crippen molar-refractivity contribution >= 4 is 17.8 Å². The Balaban J connectivity index is 2.25. The first-order valence-corrected chi connectivity index (χ1v) is 5.26. The minimum absolute atomic E-state index is 0.301. The summed E-state index contributed by atoms with van der Waals surface area (Å²) in [6.07, 6.45) is 1.79. The number of carbonyl (C=O) groups excluding carboxylic acids is 2. The van der Waals surface area contributed by atoms with Crippen molar-refractivity contribution in [3.63, 3.8) is 0 Å². The highest BCUT2D eigenvalue weighted by atomic mass is 16.4. The molecule has 7 heteroatoms. The normalized spacial score (nSPS) is 23.9. The summed E-state index contributed by atoms with van der Waals surface area (Å²) in [6, 6.07) is -0.291. The van der Waals surface area contributed by atoms with Crippen molar-refractivity contribution in [2.24, 2.45) is 17.4 Å². The Kier molecular flexibility index (Phi) is 2.74. The van der Waals surface area contributed by atoms with Crippen LogP contribution in [0.25, 0.3) is 0 Å². The number of oxazole rings is 1. The maximum Gasteiger partial charge on any atom is 0.298 e. The zero-order chi connectivity index (χ0) is 12.6. The van der Waals surface area contributed by atoms with Crippen molar-refractivity contribution in [2.75, 3.05) is 11.4 Å². The first kappa shape index (κ1) is 11.4. The second kappa shape index (κ2) is 4.08. The first-order chi connectivity index (χ1) is 7.99. The smallest absolute Gasteiger partial charge is 0.298 e. The van der Waals surface area contributed by atoms with Crippen molar-refractivity contribution in [3.8, 4) is 0 Å². The molecule has 0 aliphatic carbocycles. The fourth-order valence-corrected chi connectivity index (χ4v) is 2.00. The Hall–Kier alpha value is -2.05. The summed E-state index contributed by atoms with van der Waals surface area (Å²) in [7, 11) is 0. The van der Waals surface area contributed by atoms with E-state index < -0.39 is 23.8 Å². The standard InChI is InChI=1S/C10H14N4O3/c1-5-4-17-10(13-5)14-3-6(8(11)15)2-7(14)9(12)16/h4,6-7H,2-3H2,1H3,(H2,11,15)(H2,12,16). The first-order valence-electron chi connectivity index (χ1n) is 5.26. The third-order valence-corrected chi connectivity index (χ3v) is 2.88. The molecule has 1 aromatic rings. The topological polar surface area (TPSA) is 115 Å². The van der Waals surface area contributed by atoms with E-state index in [0.29, 0.717) is 24.7 Å². The molecule has 4 N–H and O–H groups in total. The second-order valence-electron chi connectivity index (χ2n) is 4.18. The highest BCUT2D eigenvalue weighted by Crippen LogP contribution is 2.28. The van der Waals surface area contributed by atoms with Crippen LogP contribution in [0.15, 0.2) is 10.7 Å². The Bertz CT molecular complexity index is 456. The SMILES string of the molecule is Cc1coc(N2CC(C(N)=O)CC2C(N)=O)n1. The summed E-state index contributed by atoms with van der Waals surface area (Å²) < 4.78 is 5.21. The van der Waals surface area contributed by atoms with Crippen LogP contribution in [0.2, 0.25) is 0 Å². The van der Waals surface area contributed by atoms with Gasteiger partial charge in [-0.25, -0.2) is 0 Å². The molecule has 7 nitrogen and oxygen atoms in total. The van der Waals surface area contributed by atoms with Crippen LogP contribution in [-0.4, -0.2) is 29.4 Å². The Morgan fingerprint density at radius 2 is 2.18 bits per heavy atom. The number of nitrogens with zero attached hydrogens (tertiary/aromatic N) is 2. The Morgan fingerprint density at radius 3 is 2.65 bits per heavy atom. The van der Waals surface area contributed by atoms with Crippen molar-refractivity contribution in [3.05, 3.63) is 12.0 Å². The molecule has 0 bridgehead atoms. The molecule has 2 atom stereocenters. The maximum absolute atomic E-state index is 11.3. The monoisotopic (exact) mass is 238 g/mol. The lowest BCUT2D eigenvalue weighted by Gasteiger charge is -2.19. The number of hydrogen-bond donors (Lipinski definition) is 2. The summed E-state index contributed by atoms with van der Waals surface area (Å²) in [5.74, 6) is -1.36. The summed E-state index contributed by atoms with van der Waals surface area (Å²) >= 11 is 0. The molecule has 1 aliphatic rings. The Morgan fingerprint density at radius 1 is 1.47 bits per heavy atom. The highest BCUT2D eigenvalue weighted by molar-refractivity contribution is 5.87. The molecular formula is C10H14N4O3. The molecule has 0 spiro atoms. The number of nitrogens with two attached hydrogens (primary N) is 2. The number of anilines is 1. The minimum atomic E-state index is -0.592. The van der Waals surface area contributed by atoms with E-state index in [0.717, 1.165) is 0 Å². The van der Waals surface area contributed by atoms with E-state index in [-0.39, 0.29) is 0 Å². The van der Waals surface area contributed by atoms with Crippen LogP contribution in [-0.2, 0) is 9.59 Å². The lowest BCUT2D eigenvalue weighted by Crippen LogP contribution is -2.40. The van der Waals surface area contributed by atoms with E-state index in [1.54, 1.807) is 11.8 Å². The van der Waals surface area contributed by atoms with Gasteiger partial charge >= 0.3 is 0 Å². The van der Waals surface area contributed by atoms with E-state index in [1.165, 1.54) is 6.26 Å². The third-order valence-electron chi connectivity index (χ3n) is 2.88. The molecule has 2 rings (SSSR count). The minimum Gasteiger partial charge on any atom is -0.432 e. The van der Waals surface area contributed by atoms with Crippen LogP contribution >= 0.6 is 0 Å². The maximum atomic E-state index is 11.3. The molecule has 1 saturated heterocycles. The van der Waals surface area contributed by atoms with E-state index in [1.807, 2.05) is 0 Å². The number of carbonyl (C=O) groups is 2. The summed E-state index contributed by atoms with van der Waals surface area (Å²) in [4.78, 5) is 28.2. The molecule has 2 amide bonds. The van der Waals surface area contributed by atoms with Gasteiger partial charge in [-0.15, -0.1) is 0 Å². The molecule has 0 saturated carbocycles. The Labute approximate surface area is 97.8 Å². The van der Waals surface area contributed by atoms with Gasteiger partial charge in [0.2, 0.25) is 11.8 Å². The van der Waals surface area contributed by atoms with Gasteiger partial charge in [0, 0.05) is 6.54 Å². The van der Waals surface area contributed by atoms with E-state index in [4.69, 9.17) is 15.9 Å². The number of rotatable bonds is 3. The van der Waals surface area contributed by atoms with Crippen LogP contribution in [0.5, 0.6) is 0 Å². The lowest BCUT2D eigenvalue weighted by atomic mass is 10.1. The van der Waals surface area contributed by atoms with Crippen LogP contribution in [0.4, 0.5) is 6.01 Å². The zero-order valence-electron chi connectivity index (χ0n) is 9.42. The van der Waals surface area contributed by atoms with Gasteiger partial charge in [0.25, 0.3) is 6.01 Å². The highest BCUT2D eigenvalue weighted by Gasteiger charge is 2.40. The van der Waals surface area contributed by atoms with Crippen LogP contribution < -0.4 is 16.4 Å². The number of hydrogen-bond acceptors (Lipinski definition) is 5. The fourth-order valence-electron chi connectivity index (χ4n) is 2.00. The molecule has 0 radical (unpaired) electrons. The summed E-state index contributed by atoms with van der Waals surface area (Å²) in [5.41, 5.74) is 11.2. The molecule has 0 aromatic carbocycles. The van der Waals surface area contributed by atoms with Gasteiger partial charge in [0.1, 0.15) is 12.3 Å². The molecule has 1 aliphatic heterocycles. The average molecular weight is 238 g/mol. The molecule has 1 fully saturated rings. The average Bonchev–Trinajstić information content (AvgIpc) is 2.82. The molecule has 92 valence electrons. The molecule has 1 aromatic heterocycles. The number of amides is 2. The summed E-state index contributed by atoms with van der Waals surface area (Å²) in [5, 5.41) is 0. The van der Waals surface area contributed by atoms with Gasteiger partial charge in [-0.3, -0.25) is 9.59 Å². The van der Waals surface area contributed by atoms with Crippen LogP contribution in [0.3, 0.4) is 0 Å². The largest absolute Gasteiger partial charge is 0.432 e. The number of primary amides is 2. The van der Waals surface area contributed by atoms with Gasteiger partial charge < -0.3 is 20.8 Å². The van der Waals surface area contributed by atoms with Crippen molar-refractivity contribution in [2.45, 2.75) is 19.4 Å². The van der Waals surface area contributed by atoms with E-state index in [9.17, 15) is 9.59 Å². The van der Waals surface area contributed by atoms with Crippen LogP contribution in [0, 0.1) is 12.8 Å². The van der Waals surface area contributed by atoms with Crippen LogP contribution in [0.1, 0.15) is 12.1 Å². The zero-order valence-corrected chi connectivity index (χ0v) is 9.42. The summed E-state index contributed by atoms with van der Waals surface area (Å²) in [6.45, 7) is 2.08. The van der Waals surface area contributed by atoms with Crippen molar-refractivity contribution in [1.82, 2.24) is 4.98 Å². The molecular weight excluding hydrogens is 224 g/mol. The van der Waals surface area contributed by atoms with E-state index in [2.05, 4.69) is 4.98 Å². The van der Waals surface area contributed by atoms with Crippen molar-refractivity contribution < 1.29 is 14.0 Å². The fraction of sp³-hybridized carbons (Fsp3) is 0.500. The van der Waals surface area contributed by atoms with Gasteiger partial charge in [-0.1, -0.05) is 0 Å². The number of aromatic nitrogens is 1. The lowest BCUT2D eigenvalue weighted by molar-refractivity contribution is -0.121.